The molecule has 0 bridgehead atoms. The van der Waals surface area contributed by atoms with E-state index in [2.05, 4.69) is 0 Å². The van der Waals surface area contributed by atoms with E-state index in [4.69, 9.17) is 0 Å². The minimum Gasteiger partial charge on any atom is -0.385 e. The Morgan fingerprint density at radius 3 is 1.90 bits per heavy atom. The Hall–Kier alpha value is -3.31. The van der Waals surface area contributed by atoms with Crippen molar-refractivity contribution < 1.29 is 19.1 Å². The van der Waals surface area contributed by atoms with Gasteiger partial charge in [-0.1, -0.05) is 54.6 Å². The van der Waals surface area contributed by atoms with Crippen LogP contribution in [0.5, 0.6) is 0 Å². The second-order valence-corrected chi connectivity index (χ2v) is 7.39. The molecule has 2 amide bonds. The molecule has 1 aliphatic rings. The predicted molar refractivity (Wildman–Crippen MR) is 108 cm³/mol. The van der Waals surface area contributed by atoms with E-state index in [0.717, 1.165) is 0 Å². The van der Waals surface area contributed by atoms with Crippen molar-refractivity contribution in [2.75, 3.05) is 6.54 Å². The molecular formula is C24H20FNO3. The van der Waals surface area contributed by atoms with Gasteiger partial charge in [-0.25, -0.2) is 4.39 Å². The summed E-state index contributed by atoms with van der Waals surface area (Å²) in [5.41, 5.74) is 1.38. The van der Waals surface area contributed by atoms with Gasteiger partial charge >= 0.3 is 0 Å². The molecule has 5 heteroatoms. The largest absolute Gasteiger partial charge is 0.385 e. The summed E-state index contributed by atoms with van der Waals surface area (Å²) in [6.45, 7) is 1.75. The summed E-state index contributed by atoms with van der Waals surface area (Å²) in [5.74, 6) is -0.981. The molecule has 0 saturated carbocycles. The van der Waals surface area contributed by atoms with Gasteiger partial charge < -0.3 is 5.11 Å². The van der Waals surface area contributed by atoms with Crippen molar-refractivity contribution in [3.63, 3.8) is 0 Å². The Balaban J connectivity index is 1.49. The van der Waals surface area contributed by atoms with E-state index in [9.17, 15) is 19.1 Å². The first-order valence-electron chi connectivity index (χ1n) is 9.41. The zero-order valence-corrected chi connectivity index (χ0v) is 15.9. The summed E-state index contributed by atoms with van der Waals surface area (Å²) in [6.07, 6.45) is 0.192. The second-order valence-electron chi connectivity index (χ2n) is 7.39. The molecule has 1 heterocycles. The lowest BCUT2D eigenvalue weighted by molar-refractivity contribution is 0.0339. The molecular weight excluding hydrogens is 369 g/mol. The normalized spacial score (nSPS) is 15.3. The molecule has 1 atom stereocenters. The van der Waals surface area contributed by atoms with E-state index in [-0.39, 0.29) is 30.6 Å². The van der Waals surface area contributed by atoms with Gasteiger partial charge in [0.25, 0.3) is 11.8 Å². The molecule has 0 spiro atoms. The molecule has 3 aromatic carbocycles. The Bertz CT molecular complexity index is 1050. The maximum absolute atomic E-state index is 14.0. The molecule has 4 nitrogen and oxygen atoms in total. The van der Waals surface area contributed by atoms with Crippen molar-refractivity contribution in [2.24, 2.45) is 0 Å². The molecule has 1 N–H and O–H groups in total. The highest BCUT2D eigenvalue weighted by Gasteiger charge is 2.36. The predicted octanol–water partition coefficient (Wildman–Crippen LogP) is 4.39. The molecule has 146 valence electrons. The lowest BCUT2D eigenvalue weighted by atomic mass is 9.90. The quantitative estimate of drug-likeness (QED) is 0.659. The standard InChI is InChI=1S/C24H20FNO3/c1-24(29,14-15-26-22(27)19-7-2-3-8-20(19)23(26)28)17-12-10-16(11-13-17)18-6-4-5-9-21(18)25/h2-13,29H,14-15H2,1H3. The van der Waals surface area contributed by atoms with Gasteiger partial charge in [0.05, 0.1) is 16.7 Å². The van der Waals surface area contributed by atoms with Gasteiger partial charge in [-0.2, -0.15) is 0 Å². The zero-order valence-electron chi connectivity index (χ0n) is 15.9. The van der Waals surface area contributed by atoms with Gasteiger partial charge in [0.1, 0.15) is 5.82 Å². The monoisotopic (exact) mass is 389 g/mol. The number of benzene rings is 3. The number of carbonyl (C=O) groups excluding carboxylic acids is 2. The molecule has 0 saturated heterocycles. The molecule has 1 unspecified atom stereocenters. The van der Waals surface area contributed by atoms with E-state index in [1.54, 1.807) is 73.7 Å². The molecule has 4 rings (SSSR count). The Kier molecular flexibility index (Phi) is 4.76. The van der Waals surface area contributed by atoms with Crippen LogP contribution in [0.3, 0.4) is 0 Å². The Morgan fingerprint density at radius 1 is 0.828 bits per heavy atom. The average molecular weight is 389 g/mol. The van der Waals surface area contributed by atoms with E-state index >= 15 is 0 Å². The summed E-state index contributed by atoms with van der Waals surface area (Å²) >= 11 is 0. The fourth-order valence-corrected chi connectivity index (χ4v) is 3.62. The summed E-state index contributed by atoms with van der Waals surface area (Å²) < 4.78 is 14.0. The average Bonchev–Trinajstić information content (AvgIpc) is 2.97. The molecule has 1 aliphatic heterocycles. The first-order chi connectivity index (χ1) is 13.9. The number of nitrogens with zero attached hydrogens (tertiary/aromatic N) is 1. The van der Waals surface area contributed by atoms with E-state index in [1.807, 2.05) is 0 Å². The number of hydrogen-bond acceptors (Lipinski definition) is 3. The first-order valence-corrected chi connectivity index (χ1v) is 9.41. The minimum atomic E-state index is -1.25. The number of imide groups is 1. The van der Waals surface area contributed by atoms with Crippen LogP contribution in [0.1, 0.15) is 39.6 Å². The highest BCUT2D eigenvalue weighted by Crippen LogP contribution is 2.30. The van der Waals surface area contributed by atoms with Crippen LogP contribution in [0.15, 0.2) is 72.8 Å². The Morgan fingerprint density at radius 2 is 1.34 bits per heavy atom. The van der Waals surface area contributed by atoms with Crippen LogP contribution in [0.25, 0.3) is 11.1 Å². The van der Waals surface area contributed by atoms with Gasteiger partial charge in [-0.05, 0) is 42.7 Å². The van der Waals surface area contributed by atoms with Crippen molar-refractivity contribution in [2.45, 2.75) is 18.9 Å². The van der Waals surface area contributed by atoms with Crippen LogP contribution >= 0.6 is 0 Å². The SMILES string of the molecule is CC(O)(CCN1C(=O)c2ccccc2C1=O)c1ccc(-c2ccccc2F)cc1. The summed E-state index contributed by atoms with van der Waals surface area (Å²) in [5, 5.41) is 10.9. The summed E-state index contributed by atoms with van der Waals surface area (Å²) in [7, 11) is 0. The number of carbonyl (C=O) groups is 2. The van der Waals surface area contributed by atoms with Crippen molar-refractivity contribution in [3.8, 4) is 11.1 Å². The third-order valence-corrected chi connectivity index (χ3v) is 5.39. The lowest BCUT2D eigenvalue weighted by Gasteiger charge is -2.26. The number of amides is 2. The number of aliphatic hydroxyl groups is 1. The third-order valence-electron chi connectivity index (χ3n) is 5.39. The van der Waals surface area contributed by atoms with Crippen LogP contribution in [0.4, 0.5) is 4.39 Å². The number of halogens is 1. The van der Waals surface area contributed by atoms with E-state index in [1.165, 1.54) is 11.0 Å². The van der Waals surface area contributed by atoms with Gasteiger partial charge in [-0.3, -0.25) is 14.5 Å². The molecule has 0 fully saturated rings. The van der Waals surface area contributed by atoms with Gasteiger partial charge in [0, 0.05) is 12.1 Å². The molecule has 0 radical (unpaired) electrons. The van der Waals surface area contributed by atoms with Crippen LogP contribution in [0.2, 0.25) is 0 Å². The van der Waals surface area contributed by atoms with Crippen LogP contribution in [-0.2, 0) is 5.60 Å². The maximum Gasteiger partial charge on any atom is 0.261 e. The highest BCUT2D eigenvalue weighted by molar-refractivity contribution is 6.21. The van der Waals surface area contributed by atoms with E-state index in [0.29, 0.717) is 27.8 Å². The smallest absolute Gasteiger partial charge is 0.261 e. The highest BCUT2D eigenvalue weighted by atomic mass is 19.1. The maximum atomic E-state index is 14.0. The number of rotatable bonds is 5. The van der Waals surface area contributed by atoms with Crippen molar-refractivity contribution in [3.05, 3.63) is 95.3 Å². The van der Waals surface area contributed by atoms with Crippen LogP contribution in [-0.4, -0.2) is 28.4 Å². The lowest BCUT2D eigenvalue weighted by Crippen LogP contribution is -2.35. The Labute approximate surface area is 168 Å². The van der Waals surface area contributed by atoms with Crippen molar-refractivity contribution in [1.82, 2.24) is 4.90 Å². The minimum absolute atomic E-state index is 0.106. The van der Waals surface area contributed by atoms with Crippen LogP contribution in [0, 0.1) is 5.82 Å². The zero-order chi connectivity index (χ0) is 20.6. The topological polar surface area (TPSA) is 57.6 Å². The van der Waals surface area contributed by atoms with Gasteiger partial charge in [0.2, 0.25) is 0 Å². The van der Waals surface area contributed by atoms with E-state index < -0.39 is 5.60 Å². The molecule has 0 aliphatic carbocycles. The number of hydrogen-bond donors (Lipinski definition) is 1. The summed E-state index contributed by atoms with van der Waals surface area (Å²) in [6, 6.07) is 20.2. The van der Waals surface area contributed by atoms with Gasteiger partial charge in [0.15, 0.2) is 0 Å². The van der Waals surface area contributed by atoms with Crippen molar-refractivity contribution in [1.29, 1.82) is 0 Å². The van der Waals surface area contributed by atoms with Gasteiger partial charge in [-0.15, -0.1) is 0 Å². The third kappa shape index (κ3) is 3.45. The summed E-state index contributed by atoms with van der Waals surface area (Å²) in [4.78, 5) is 26.1. The van der Waals surface area contributed by atoms with Crippen LogP contribution < -0.4 is 0 Å². The second kappa shape index (κ2) is 7.26. The number of fused-ring (bicyclic) bond motifs is 1. The molecule has 0 aromatic heterocycles. The molecule has 3 aromatic rings. The fraction of sp³-hybridized carbons (Fsp3) is 0.167. The van der Waals surface area contributed by atoms with Crippen molar-refractivity contribution >= 4 is 11.8 Å². The molecule has 29 heavy (non-hydrogen) atoms. The first kappa shape index (κ1) is 19.0. The fourth-order valence-electron chi connectivity index (χ4n) is 3.62.